The third kappa shape index (κ3) is 3.16. The Labute approximate surface area is 121 Å². The van der Waals surface area contributed by atoms with Crippen LogP contribution in [0.4, 0.5) is 4.39 Å². The monoisotopic (exact) mass is 317 g/mol. The van der Waals surface area contributed by atoms with Gasteiger partial charge < -0.3 is 15.2 Å². The molecular formula is C13H16FNO5S. The van der Waals surface area contributed by atoms with Crippen LogP contribution in [0, 0.1) is 11.7 Å². The minimum atomic E-state index is -3.70. The molecule has 1 aliphatic rings. The third-order valence-electron chi connectivity index (χ3n) is 3.54. The highest BCUT2D eigenvalue weighted by Gasteiger charge is 2.32. The lowest BCUT2D eigenvalue weighted by Crippen LogP contribution is -2.17. The van der Waals surface area contributed by atoms with Crippen molar-refractivity contribution in [2.75, 3.05) is 19.9 Å². The predicted octanol–water partition coefficient (Wildman–Crippen LogP) is 0.973. The fraction of sp³-hybridized carbons (Fsp3) is 0.462. The van der Waals surface area contributed by atoms with Crippen LogP contribution in [0.5, 0.6) is 5.75 Å². The van der Waals surface area contributed by atoms with Gasteiger partial charge in [0.2, 0.25) is 0 Å². The first-order valence-corrected chi connectivity index (χ1v) is 8.17. The third-order valence-corrected chi connectivity index (χ3v) is 4.65. The summed E-state index contributed by atoms with van der Waals surface area (Å²) in [5.74, 6) is -2.12. The van der Waals surface area contributed by atoms with Crippen LogP contribution in [0.1, 0.15) is 18.0 Å². The lowest BCUT2D eigenvalue weighted by Gasteiger charge is -2.16. The number of ether oxygens (including phenoxy) is 1. The Kier molecular flexibility index (Phi) is 4.20. The Morgan fingerprint density at radius 1 is 1.48 bits per heavy atom. The van der Waals surface area contributed by atoms with E-state index in [1.165, 1.54) is 7.11 Å². The quantitative estimate of drug-likeness (QED) is 0.860. The van der Waals surface area contributed by atoms with Gasteiger partial charge in [-0.25, -0.2) is 12.8 Å². The van der Waals surface area contributed by atoms with Gasteiger partial charge in [-0.2, -0.15) is 0 Å². The van der Waals surface area contributed by atoms with E-state index in [9.17, 15) is 17.6 Å². The summed E-state index contributed by atoms with van der Waals surface area (Å²) in [6.45, 7) is 0.276. The average Bonchev–Trinajstić information content (AvgIpc) is 2.86. The molecule has 2 N–H and O–H groups in total. The number of carboxylic acid groups (broad SMARTS) is 1. The highest BCUT2D eigenvalue weighted by Crippen LogP contribution is 2.35. The maximum absolute atomic E-state index is 14.0. The van der Waals surface area contributed by atoms with Crippen LogP contribution in [0.2, 0.25) is 0 Å². The van der Waals surface area contributed by atoms with Gasteiger partial charge in [0.15, 0.2) is 9.84 Å². The molecule has 21 heavy (non-hydrogen) atoms. The van der Waals surface area contributed by atoms with Gasteiger partial charge in [0.1, 0.15) is 16.5 Å². The Balaban J connectivity index is 2.42. The summed E-state index contributed by atoms with van der Waals surface area (Å²) in [6, 6.07) is 1.84. The maximum Gasteiger partial charge on any atom is 0.307 e. The number of hydrogen-bond donors (Lipinski definition) is 2. The maximum atomic E-state index is 14.0. The average molecular weight is 317 g/mol. The smallest absolute Gasteiger partial charge is 0.307 e. The molecule has 8 heteroatoms. The van der Waals surface area contributed by atoms with Crippen molar-refractivity contribution in [2.24, 2.45) is 5.92 Å². The molecule has 1 aromatic rings. The zero-order valence-electron chi connectivity index (χ0n) is 11.6. The lowest BCUT2D eigenvalue weighted by atomic mass is 9.99. The molecule has 0 spiro atoms. The van der Waals surface area contributed by atoms with E-state index in [2.05, 4.69) is 5.32 Å². The van der Waals surface area contributed by atoms with E-state index in [1.54, 1.807) is 0 Å². The second kappa shape index (κ2) is 5.61. The molecule has 116 valence electrons. The molecule has 1 saturated heterocycles. The Morgan fingerprint density at radius 3 is 2.62 bits per heavy atom. The van der Waals surface area contributed by atoms with Crippen LogP contribution in [-0.4, -0.2) is 39.4 Å². The Bertz CT molecular complexity index is 673. The molecular weight excluding hydrogens is 301 g/mol. The van der Waals surface area contributed by atoms with Crippen molar-refractivity contribution < 1.29 is 27.4 Å². The van der Waals surface area contributed by atoms with E-state index < -0.39 is 32.4 Å². The van der Waals surface area contributed by atoms with Crippen LogP contribution in [-0.2, 0) is 14.6 Å². The van der Waals surface area contributed by atoms with Gasteiger partial charge in [-0.15, -0.1) is 0 Å². The molecule has 1 heterocycles. The van der Waals surface area contributed by atoms with Crippen LogP contribution in [0.25, 0.3) is 0 Å². The van der Waals surface area contributed by atoms with Crippen molar-refractivity contribution in [3.63, 3.8) is 0 Å². The van der Waals surface area contributed by atoms with Gasteiger partial charge in [-0.1, -0.05) is 0 Å². The van der Waals surface area contributed by atoms with Crippen molar-refractivity contribution in [3.05, 3.63) is 23.5 Å². The second-order valence-corrected chi connectivity index (χ2v) is 7.01. The minimum absolute atomic E-state index is 0.223. The molecule has 2 atom stereocenters. The number of benzene rings is 1. The SMILES string of the molecule is COc1cc(S(C)(=O)=O)c(F)cc1C1CC(C(=O)O)CN1. The normalized spacial score (nSPS) is 22.2. The number of carboxylic acids is 1. The van der Waals surface area contributed by atoms with Crippen LogP contribution >= 0.6 is 0 Å². The van der Waals surface area contributed by atoms with E-state index >= 15 is 0 Å². The standard InChI is InChI=1S/C13H16FNO5S/c1-20-11-5-12(21(2,18)19)9(14)4-8(11)10-3-7(6-15-10)13(16)17/h4-5,7,10,15H,3,6H2,1-2H3,(H,16,17). The number of rotatable bonds is 4. The summed E-state index contributed by atoms with van der Waals surface area (Å²) in [5, 5.41) is 12.0. The van der Waals surface area contributed by atoms with Crippen molar-refractivity contribution in [1.29, 1.82) is 0 Å². The molecule has 1 aromatic carbocycles. The van der Waals surface area contributed by atoms with Gasteiger partial charge in [0.05, 0.1) is 13.0 Å². The Morgan fingerprint density at radius 2 is 2.14 bits per heavy atom. The summed E-state index contributed by atoms with van der Waals surface area (Å²) in [4.78, 5) is 10.5. The van der Waals surface area contributed by atoms with E-state index in [0.29, 0.717) is 12.0 Å². The topological polar surface area (TPSA) is 92.7 Å². The summed E-state index contributed by atoms with van der Waals surface area (Å²) in [7, 11) is -2.35. The minimum Gasteiger partial charge on any atom is -0.496 e. The van der Waals surface area contributed by atoms with E-state index in [0.717, 1.165) is 18.4 Å². The van der Waals surface area contributed by atoms with Gasteiger partial charge >= 0.3 is 5.97 Å². The zero-order valence-corrected chi connectivity index (χ0v) is 12.4. The number of aliphatic carboxylic acids is 1. The van der Waals surface area contributed by atoms with Gasteiger partial charge in [0.25, 0.3) is 0 Å². The highest BCUT2D eigenvalue weighted by molar-refractivity contribution is 7.90. The van der Waals surface area contributed by atoms with E-state index in [1.807, 2.05) is 0 Å². The molecule has 0 radical (unpaired) electrons. The fourth-order valence-electron chi connectivity index (χ4n) is 2.44. The number of hydrogen-bond acceptors (Lipinski definition) is 5. The fourth-order valence-corrected chi connectivity index (χ4v) is 3.18. The van der Waals surface area contributed by atoms with Crippen molar-refractivity contribution in [2.45, 2.75) is 17.4 Å². The molecule has 0 bridgehead atoms. The first-order valence-electron chi connectivity index (χ1n) is 6.27. The van der Waals surface area contributed by atoms with Gasteiger partial charge in [-0.05, 0) is 12.5 Å². The Hall–Kier alpha value is -1.67. The largest absolute Gasteiger partial charge is 0.496 e. The number of sulfone groups is 1. The first-order chi connectivity index (χ1) is 9.74. The number of methoxy groups -OCH3 is 1. The molecule has 0 aromatic heterocycles. The summed E-state index contributed by atoms with van der Waals surface area (Å²) in [5.41, 5.74) is 0.422. The van der Waals surface area contributed by atoms with Gasteiger partial charge in [0, 0.05) is 30.5 Å². The second-order valence-electron chi connectivity index (χ2n) is 5.03. The molecule has 0 saturated carbocycles. The molecule has 1 fully saturated rings. The first kappa shape index (κ1) is 15.7. The summed E-state index contributed by atoms with van der Waals surface area (Å²) in [6.07, 6.45) is 1.21. The van der Waals surface area contributed by atoms with Crippen LogP contribution in [0.15, 0.2) is 17.0 Å². The molecule has 2 unspecified atom stereocenters. The zero-order chi connectivity index (χ0) is 15.8. The van der Waals surface area contributed by atoms with Crippen LogP contribution < -0.4 is 10.1 Å². The molecule has 1 aliphatic heterocycles. The number of halogens is 1. The van der Waals surface area contributed by atoms with E-state index in [4.69, 9.17) is 9.84 Å². The summed E-state index contributed by atoms with van der Waals surface area (Å²) < 4.78 is 42.1. The van der Waals surface area contributed by atoms with Crippen molar-refractivity contribution >= 4 is 15.8 Å². The lowest BCUT2D eigenvalue weighted by molar-refractivity contribution is -0.141. The highest BCUT2D eigenvalue weighted by atomic mass is 32.2. The van der Waals surface area contributed by atoms with E-state index in [-0.39, 0.29) is 18.3 Å². The molecule has 0 aliphatic carbocycles. The number of nitrogens with one attached hydrogen (secondary N) is 1. The number of carbonyl (C=O) groups is 1. The van der Waals surface area contributed by atoms with Crippen molar-refractivity contribution in [3.8, 4) is 5.75 Å². The predicted molar refractivity (Wildman–Crippen MR) is 72.5 cm³/mol. The van der Waals surface area contributed by atoms with Crippen LogP contribution in [0.3, 0.4) is 0 Å². The molecule has 0 amide bonds. The van der Waals surface area contributed by atoms with Crippen molar-refractivity contribution in [1.82, 2.24) is 5.32 Å². The molecule has 2 rings (SSSR count). The van der Waals surface area contributed by atoms with Gasteiger partial charge in [-0.3, -0.25) is 4.79 Å². The summed E-state index contributed by atoms with van der Waals surface area (Å²) >= 11 is 0. The molecule has 6 nitrogen and oxygen atoms in total.